The van der Waals surface area contributed by atoms with Crippen LogP contribution in [-0.4, -0.2) is 33.9 Å². The van der Waals surface area contributed by atoms with Crippen LogP contribution >= 0.6 is 22.9 Å². The highest BCUT2D eigenvalue weighted by molar-refractivity contribution is 7.92. The zero-order valence-corrected chi connectivity index (χ0v) is 21.7. The summed E-state index contributed by atoms with van der Waals surface area (Å²) >= 11 is 7.35. The minimum atomic E-state index is -4.06. The molecule has 1 aromatic heterocycles. The van der Waals surface area contributed by atoms with Crippen molar-refractivity contribution in [2.24, 2.45) is 0 Å². The number of hydrogen-bond acceptors (Lipinski definition) is 6. The summed E-state index contributed by atoms with van der Waals surface area (Å²) in [6.07, 6.45) is 3.55. The quantitative estimate of drug-likeness (QED) is 0.422. The third kappa shape index (κ3) is 5.37. The Morgan fingerprint density at radius 1 is 1.06 bits per heavy atom. The first-order chi connectivity index (χ1) is 16.7. The van der Waals surface area contributed by atoms with Crippen LogP contribution in [0.2, 0.25) is 5.02 Å². The Hall–Kier alpha value is -2.88. The number of hydrogen-bond donors (Lipinski definition) is 1. The molecular weight excluding hydrogens is 508 g/mol. The number of amides is 1. The highest BCUT2D eigenvalue weighted by atomic mass is 35.5. The zero-order chi connectivity index (χ0) is 25.2. The van der Waals surface area contributed by atoms with Crippen molar-refractivity contribution in [3.8, 4) is 0 Å². The molecule has 1 heterocycles. The molecule has 7 nitrogen and oxygen atoms in total. The van der Waals surface area contributed by atoms with Crippen LogP contribution in [0.3, 0.4) is 0 Å². The fraction of sp³-hybridized carbons (Fsp3) is 0.280. The summed E-state index contributed by atoms with van der Waals surface area (Å²) < 4.78 is 33.1. The molecule has 0 fully saturated rings. The molecule has 0 unspecified atom stereocenters. The van der Waals surface area contributed by atoms with Crippen molar-refractivity contribution in [2.75, 3.05) is 23.3 Å². The van der Waals surface area contributed by atoms with Crippen LogP contribution in [0.25, 0.3) is 0 Å². The number of anilines is 2. The fourth-order valence-corrected chi connectivity index (χ4v) is 6.87. The van der Waals surface area contributed by atoms with Gasteiger partial charge in [-0.25, -0.2) is 13.2 Å². The summed E-state index contributed by atoms with van der Waals surface area (Å²) in [5.74, 6) is -1.08. The molecule has 0 bridgehead atoms. The molecule has 1 amide bonds. The minimum absolute atomic E-state index is 0.0627. The maximum Gasteiger partial charge on any atom is 0.341 e. The molecule has 1 aliphatic carbocycles. The third-order valence-electron chi connectivity index (χ3n) is 5.82. The van der Waals surface area contributed by atoms with Gasteiger partial charge < -0.3 is 10.1 Å². The van der Waals surface area contributed by atoms with Gasteiger partial charge in [-0.15, -0.1) is 11.3 Å². The second-order valence-corrected chi connectivity index (χ2v) is 11.7. The molecule has 1 aliphatic rings. The van der Waals surface area contributed by atoms with E-state index < -0.39 is 28.4 Å². The first-order valence-electron chi connectivity index (χ1n) is 11.1. The molecule has 0 atom stereocenters. The van der Waals surface area contributed by atoms with Crippen molar-refractivity contribution in [3.63, 3.8) is 0 Å². The molecule has 3 aromatic rings. The predicted molar refractivity (Wildman–Crippen MR) is 138 cm³/mol. The zero-order valence-electron chi connectivity index (χ0n) is 19.3. The van der Waals surface area contributed by atoms with Gasteiger partial charge in [0, 0.05) is 9.90 Å². The number of aryl methyl sites for hydroxylation is 2. The van der Waals surface area contributed by atoms with Crippen LogP contribution in [0, 0.1) is 6.92 Å². The van der Waals surface area contributed by atoms with E-state index in [9.17, 15) is 18.0 Å². The van der Waals surface area contributed by atoms with Crippen LogP contribution in [0.15, 0.2) is 53.4 Å². The van der Waals surface area contributed by atoms with E-state index >= 15 is 0 Å². The maximum absolute atomic E-state index is 13.5. The lowest BCUT2D eigenvalue weighted by atomic mass is 9.95. The number of nitrogens with one attached hydrogen (secondary N) is 1. The summed E-state index contributed by atoms with van der Waals surface area (Å²) in [5.41, 5.74) is 2.48. The number of carbonyl (C=O) groups is 2. The van der Waals surface area contributed by atoms with Crippen LogP contribution in [-0.2, 0) is 32.4 Å². The summed E-state index contributed by atoms with van der Waals surface area (Å²) in [7, 11) is -2.76. The van der Waals surface area contributed by atoms with Gasteiger partial charge in [0.1, 0.15) is 11.5 Å². The van der Waals surface area contributed by atoms with Crippen LogP contribution in [0.1, 0.15) is 39.2 Å². The monoisotopic (exact) mass is 532 g/mol. The number of nitrogens with zero attached hydrogens (tertiary/aromatic N) is 1. The Morgan fingerprint density at radius 2 is 1.71 bits per heavy atom. The van der Waals surface area contributed by atoms with Crippen LogP contribution < -0.4 is 9.62 Å². The van der Waals surface area contributed by atoms with Crippen molar-refractivity contribution in [1.29, 1.82) is 0 Å². The third-order valence-corrected chi connectivity index (χ3v) is 9.07. The molecule has 0 spiro atoms. The number of rotatable bonds is 7. The number of ether oxygens (including phenoxy) is 1. The van der Waals surface area contributed by atoms with Gasteiger partial charge in [0.15, 0.2) is 0 Å². The Morgan fingerprint density at radius 3 is 2.37 bits per heavy atom. The van der Waals surface area contributed by atoms with Crippen molar-refractivity contribution in [3.05, 3.63) is 75.1 Å². The number of thiophene rings is 1. The van der Waals surface area contributed by atoms with E-state index in [4.69, 9.17) is 16.3 Å². The van der Waals surface area contributed by atoms with Gasteiger partial charge in [0.2, 0.25) is 5.91 Å². The number of carbonyl (C=O) groups excluding carboxylic acids is 2. The maximum atomic E-state index is 13.5. The van der Waals surface area contributed by atoms with Crippen molar-refractivity contribution >= 4 is 55.5 Å². The molecule has 1 N–H and O–H groups in total. The van der Waals surface area contributed by atoms with Gasteiger partial charge in [-0.2, -0.15) is 0 Å². The Labute approximate surface area is 213 Å². The standard InChI is InChI=1S/C25H25ClN2O5S2/c1-16-7-13-19(14-8-16)35(31,32)28(18-11-9-17(26)10-12-18)15-22(29)27-24-23(25(30)33-2)20-5-3-4-6-21(20)34-24/h7-14H,3-6,15H2,1-2H3,(H,27,29). The van der Waals surface area contributed by atoms with Gasteiger partial charge in [-0.05, 0) is 74.6 Å². The predicted octanol–water partition coefficient (Wildman–Crippen LogP) is 5.21. The number of sulfonamides is 1. The van der Waals surface area contributed by atoms with Crippen LogP contribution in [0.5, 0.6) is 0 Å². The largest absolute Gasteiger partial charge is 0.465 e. The molecule has 10 heteroatoms. The summed E-state index contributed by atoms with van der Waals surface area (Å²) in [5, 5.41) is 3.60. The van der Waals surface area contributed by atoms with Crippen molar-refractivity contribution in [2.45, 2.75) is 37.5 Å². The SMILES string of the molecule is COC(=O)c1c(NC(=O)CN(c2ccc(Cl)cc2)S(=O)(=O)c2ccc(C)cc2)sc2c1CCCC2. The molecule has 2 aromatic carbocycles. The molecular formula is C25H25ClN2O5S2. The second kappa shape index (κ2) is 10.4. The van der Waals surface area contributed by atoms with Gasteiger partial charge in [-0.3, -0.25) is 9.10 Å². The fourth-order valence-electron chi connectivity index (χ4n) is 4.03. The Balaban J connectivity index is 1.67. The molecule has 0 radical (unpaired) electrons. The number of esters is 1. The average Bonchev–Trinajstić information content (AvgIpc) is 3.20. The molecule has 4 rings (SSSR count). The lowest BCUT2D eigenvalue weighted by Crippen LogP contribution is -2.38. The number of halogens is 1. The molecule has 0 saturated carbocycles. The molecule has 0 saturated heterocycles. The average molecular weight is 533 g/mol. The lowest BCUT2D eigenvalue weighted by molar-refractivity contribution is -0.114. The summed E-state index contributed by atoms with van der Waals surface area (Å²) in [6.45, 7) is 1.38. The number of methoxy groups -OCH3 is 1. The smallest absolute Gasteiger partial charge is 0.341 e. The number of benzene rings is 2. The lowest BCUT2D eigenvalue weighted by Gasteiger charge is -2.24. The van der Waals surface area contributed by atoms with Gasteiger partial charge in [-0.1, -0.05) is 29.3 Å². The van der Waals surface area contributed by atoms with Gasteiger partial charge in [0.05, 0.1) is 23.3 Å². The van der Waals surface area contributed by atoms with E-state index in [0.717, 1.165) is 46.0 Å². The normalized spacial score (nSPS) is 13.1. The summed E-state index contributed by atoms with van der Waals surface area (Å²) in [4.78, 5) is 26.8. The Bertz CT molecular complexity index is 1350. The van der Waals surface area contributed by atoms with Crippen LogP contribution in [0.4, 0.5) is 10.7 Å². The van der Waals surface area contributed by atoms with Gasteiger partial charge >= 0.3 is 5.97 Å². The minimum Gasteiger partial charge on any atom is -0.465 e. The van der Waals surface area contributed by atoms with E-state index in [1.807, 2.05) is 6.92 Å². The van der Waals surface area contributed by atoms with Gasteiger partial charge in [0.25, 0.3) is 10.0 Å². The van der Waals surface area contributed by atoms with E-state index in [0.29, 0.717) is 21.3 Å². The van der Waals surface area contributed by atoms with E-state index in [1.54, 1.807) is 36.4 Å². The second-order valence-electron chi connectivity index (χ2n) is 8.26. The van der Waals surface area contributed by atoms with Crippen molar-refractivity contribution < 1.29 is 22.7 Å². The first kappa shape index (κ1) is 25.2. The molecule has 184 valence electrons. The van der Waals surface area contributed by atoms with E-state index in [2.05, 4.69) is 5.32 Å². The summed E-state index contributed by atoms with van der Waals surface area (Å²) in [6, 6.07) is 12.6. The Kier molecular flexibility index (Phi) is 7.49. The number of fused-ring (bicyclic) bond motifs is 1. The topological polar surface area (TPSA) is 92.8 Å². The molecule has 35 heavy (non-hydrogen) atoms. The highest BCUT2D eigenvalue weighted by Gasteiger charge is 2.30. The highest BCUT2D eigenvalue weighted by Crippen LogP contribution is 2.38. The first-order valence-corrected chi connectivity index (χ1v) is 13.7. The molecule has 0 aliphatic heterocycles. The van der Waals surface area contributed by atoms with E-state index in [-0.39, 0.29) is 4.90 Å². The van der Waals surface area contributed by atoms with Crippen molar-refractivity contribution in [1.82, 2.24) is 0 Å². The van der Waals surface area contributed by atoms with E-state index in [1.165, 1.54) is 30.6 Å².